The Bertz CT molecular complexity index is 1210. The molecule has 2 aliphatic rings. The number of urea groups is 1. The second-order valence-corrected chi connectivity index (χ2v) is 12.5. The highest BCUT2D eigenvalue weighted by atomic mass is 16.4. The van der Waals surface area contributed by atoms with E-state index in [0.717, 1.165) is 61.0 Å². The van der Waals surface area contributed by atoms with Gasteiger partial charge in [-0.05, 0) is 97.4 Å². The van der Waals surface area contributed by atoms with E-state index in [0.29, 0.717) is 11.5 Å². The van der Waals surface area contributed by atoms with Gasteiger partial charge in [-0.1, -0.05) is 26.8 Å². The predicted octanol–water partition coefficient (Wildman–Crippen LogP) is 6.08. The molecule has 0 aromatic heterocycles. The topological polar surface area (TPSA) is 102 Å². The summed E-state index contributed by atoms with van der Waals surface area (Å²) < 4.78 is 0. The van der Waals surface area contributed by atoms with Crippen molar-refractivity contribution in [3.05, 3.63) is 59.2 Å². The molecule has 2 aromatic carbocycles. The first kappa shape index (κ1) is 29.4. The number of carbonyl (C=O) groups excluding carboxylic acids is 2. The zero-order valence-electron chi connectivity index (χ0n) is 24.5. The Hall–Kier alpha value is -3.55. The van der Waals surface area contributed by atoms with E-state index in [1.54, 1.807) is 6.07 Å². The fourth-order valence-corrected chi connectivity index (χ4v) is 6.22. The normalized spacial score (nSPS) is 20.4. The van der Waals surface area contributed by atoms with Crippen molar-refractivity contribution in [3.63, 3.8) is 0 Å². The molecule has 216 valence electrons. The van der Waals surface area contributed by atoms with Crippen molar-refractivity contribution in [1.29, 1.82) is 0 Å². The summed E-state index contributed by atoms with van der Waals surface area (Å²) in [4.78, 5) is 41.4. The van der Waals surface area contributed by atoms with Crippen molar-refractivity contribution in [3.8, 4) is 0 Å². The number of benzene rings is 2. The van der Waals surface area contributed by atoms with Gasteiger partial charge in [0.25, 0.3) is 5.91 Å². The van der Waals surface area contributed by atoms with Crippen LogP contribution in [-0.2, 0) is 11.2 Å². The second-order valence-electron chi connectivity index (χ2n) is 12.5. The van der Waals surface area contributed by atoms with Gasteiger partial charge >= 0.3 is 12.0 Å². The average molecular weight is 549 g/mol. The molecular formula is C32H44N4O4. The third-order valence-corrected chi connectivity index (χ3v) is 8.60. The van der Waals surface area contributed by atoms with Crippen LogP contribution in [0.5, 0.6) is 0 Å². The third-order valence-electron chi connectivity index (χ3n) is 8.60. The lowest BCUT2D eigenvalue weighted by molar-refractivity contribution is -0.136. The number of fused-ring (bicyclic) bond motifs is 1. The lowest BCUT2D eigenvalue weighted by Gasteiger charge is -2.43. The van der Waals surface area contributed by atoms with Crippen LogP contribution in [0.15, 0.2) is 42.5 Å². The Labute approximate surface area is 238 Å². The van der Waals surface area contributed by atoms with E-state index in [1.165, 1.54) is 0 Å². The zero-order valence-corrected chi connectivity index (χ0v) is 24.5. The van der Waals surface area contributed by atoms with Gasteiger partial charge in [0.1, 0.15) is 0 Å². The van der Waals surface area contributed by atoms with Crippen molar-refractivity contribution < 1.29 is 19.5 Å². The van der Waals surface area contributed by atoms with Crippen LogP contribution in [0.2, 0.25) is 0 Å². The molecule has 0 heterocycles. The lowest BCUT2D eigenvalue weighted by Crippen LogP contribution is -2.47. The summed E-state index contributed by atoms with van der Waals surface area (Å²) in [6.45, 7) is 7.02. The molecule has 0 saturated heterocycles. The number of hydrogen-bond donors (Lipinski definition) is 3. The summed E-state index contributed by atoms with van der Waals surface area (Å²) in [5.74, 6) is -0.574. The quantitative estimate of drug-likeness (QED) is 0.371. The molecule has 4 rings (SSSR count). The van der Waals surface area contributed by atoms with Crippen LogP contribution in [0, 0.1) is 11.3 Å². The van der Waals surface area contributed by atoms with E-state index < -0.39 is 5.97 Å². The number of hydrogen-bond acceptors (Lipinski definition) is 4. The van der Waals surface area contributed by atoms with Crippen molar-refractivity contribution in [1.82, 2.24) is 10.2 Å². The van der Waals surface area contributed by atoms with E-state index in [2.05, 4.69) is 36.3 Å². The number of carboxylic acids is 1. The highest BCUT2D eigenvalue weighted by Crippen LogP contribution is 2.44. The molecule has 1 fully saturated rings. The minimum Gasteiger partial charge on any atom is -0.481 e. The number of rotatable bonds is 8. The number of nitrogens with one attached hydrogen (secondary N) is 2. The van der Waals surface area contributed by atoms with Gasteiger partial charge in [0, 0.05) is 43.6 Å². The Kier molecular flexibility index (Phi) is 9.06. The van der Waals surface area contributed by atoms with Crippen molar-refractivity contribution in [2.45, 2.75) is 77.8 Å². The van der Waals surface area contributed by atoms with Crippen molar-refractivity contribution in [2.24, 2.45) is 11.3 Å². The van der Waals surface area contributed by atoms with E-state index in [9.17, 15) is 14.4 Å². The molecule has 3 N–H and O–H groups in total. The lowest BCUT2D eigenvalue weighted by atomic mass is 9.71. The molecule has 40 heavy (non-hydrogen) atoms. The molecule has 3 amide bonds. The highest BCUT2D eigenvalue weighted by Gasteiger charge is 2.39. The molecule has 1 atom stereocenters. The molecule has 0 bridgehead atoms. The molecule has 8 heteroatoms. The highest BCUT2D eigenvalue weighted by molar-refractivity contribution is 5.95. The smallest absolute Gasteiger partial charge is 0.322 e. The third kappa shape index (κ3) is 6.95. The molecule has 8 nitrogen and oxygen atoms in total. The van der Waals surface area contributed by atoms with Gasteiger partial charge in [-0.15, -0.1) is 0 Å². The number of nitrogens with zero attached hydrogens (tertiary/aromatic N) is 2. The minimum atomic E-state index is -0.944. The van der Waals surface area contributed by atoms with Crippen LogP contribution < -0.4 is 15.5 Å². The summed E-state index contributed by atoms with van der Waals surface area (Å²) in [6.07, 6.45) is 5.64. The van der Waals surface area contributed by atoms with Gasteiger partial charge in [0.05, 0.1) is 12.5 Å². The van der Waals surface area contributed by atoms with Crippen LogP contribution >= 0.6 is 0 Å². The van der Waals surface area contributed by atoms with Gasteiger partial charge in [-0.3, -0.25) is 9.59 Å². The van der Waals surface area contributed by atoms with Gasteiger partial charge in [-0.25, -0.2) is 4.79 Å². The maximum atomic E-state index is 13.9. The van der Waals surface area contributed by atoms with E-state index in [-0.39, 0.29) is 42.4 Å². The number of amides is 3. The fraction of sp³-hybridized carbons (Fsp3) is 0.531. The monoisotopic (exact) mass is 548 g/mol. The number of aliphatic carboxylic acids is 1. The number of aryl methyl sites for hydroxylation is 1. The Morgan fingerprint density at radius 2 is 1.62 bits per heavy atom. The summed E-state index contributed by atoms with van der Waals surface area (Å²) in [5, 5.41) is 14.7. The number of carboxylic acid groups (broad SMARTS) is 1. The maximum Gasteiger partial charge on any atom is 0.322 e. The average Bonchev–Trinajstić information content (AvgIpc) is 3.31. The zero-order chi connectivity index (χ0) is 29.0. The van der Waals surface area contributed by atoms with Crippen molar-refractivity contribution in [2.75, 3.05) is 30.9 Å². The van der Waals surface area contributed by atoms with Crippen molar-refractivity contribution >= 4 is 29.3 Å². The fourth-order valence-electron chi connectivity index (χ4n) is 6.22. The minimum absolute atomic E-state index is 0.0589. The SMILES string of the molecule is CN(C)c1ccc(NC(=O)N(C2CCC(C(C)(C)C)CC2)C2CCc3cc(C(=O)NCCC(=O)O)ccc32)cc1. The molecule has 2 aromatic rings. The first-order valence-electron chi connectivity index (χ1n) is 14.4. The van der Waals surface area contributed by atoms with Gasteiger partial charge in [-0.2, -0.15) is 0 Å². The first-order valence-corrected chi connectivity index (χ1v) is 14.4. The van der Waals surface area contributed by atoms with E-state index in [1.807, 2.05) is 55.4 Å². The summed E-state index contributed by atoms with van der Waals surface area (Å²) in [5.41, 5.74) is 4.80. The predicted molar refractivity (Wildman–Crippen MR) is 159 cm³/mol. The Morgan fingerprint density at radius 3 is 2.23 bits per heavy atom. The Morgan fingerprint density at radius 1 is 0.950 bits per heavy atom. The van der Waals surface area contributed by atoms with Crippen LogP contribution in [0.1, 0.15) is 86.8 Å². The molecule has 2 aliphatic carbocycles. The van der Waals surface area contributed by atoms with Crippen LogP contribution in [0.25, 0.3) is 0 Å². The van der Waals surface area contributed by atoms with Crippen LogP contribution in [0.4, 0.5) is 16.2 Å². The second kappa shape index (κ2) is 12.3. The molecule has 0 spiro atoms. The van der Waals surface area contributed by atoms with Gasteiger partial charge in [0.15, 0.2) is 0 Å². The molecular weight excluding hydrogens is 504 g/mol. The number of carbonyl (C=O) groups is 3. The molecule has 0 aliphatic heterocycles. The standard InChI is InChI=1S/C32H44N4O4/c1-32(2,3)23-8-12-26(13-9-23)36(31(40)34-24-10-14-25(15-11-24)35(4)5)28-17-7-21-20-22(6-16-27(21)28)30(39)33-19-18-29(37)38/h6,10-11,14-16,20,23,26,28H,7-9,12-13,17-19H2,1-5H3,(H,33,39)(H,34,40)(H,37,38). The van der Waals surface area contributed by atoms with Gasteiger partial charge < -0.3 is 25.5 Å². The largest absolute Gasteiger partial charge is 0.481 e. The summed E-state index contributed by atoms with van der Waals surface area (Å²) in [6, 6.07) is 13.6. The van der Waals surface area contributed by atoms with E-state index >= 15 is 0 Å². The van der Waals surface area contributed by atoms with Crippen LogP contribution in [0.3, 0.4) is 0 Å². The summed E-state index contributed by atoms with van der Waals surface area (Å²) in [7, 11) is 3.98. The number of anilines is 2. The maximum absolute atomic E-state index is 13.9. The van der Waals surface area contributed by atoms with E-state index in [4.69, 9.17) is 5.11 Å². The first-order chi connectivity index (χ1) is 18.9. The molecule has 1 unspecified atom stereocenters. The molecule has 1 saturated carbocycles. The molecule has 0 radical (unpaired) electrons. The Balaban J connectivity index is 1.55. The van der Waals surface area contributed by atoms with Gasteiger partial charge in [0.2, 0.25) is 0 Å². The summed E-state index contributed by atoms with van der Waals surface area (Å²) >= 11 is 0. The van der Waals surface area contributed by atoms with Crippen LogP contribution in [-0.4, -0.2) is 54.6 Å².